The van der Waals surface area contributed by atoms with Gasteiger partial charge in [-0.25, -0.2) is 0 Å². The predicted molar refractivity (Wildman–Crippen MR) is 93.0 cm³/mol. The Labute approximate surface area is 136 Å². The summed E-state index contributed by atoms with van der Waals surface area (Å²) < 4.78 is 5.62. The van der Waals surface area contributed by atoms with Crippen molar-refractivity contribution in [1.82, 2.24) is 0 Å². The molecular weight excluding hydrogens is 290 g/mol. The number of rotatable bonds is 5. The molecule has 0 aromatic heterocycles. The van der Waals surface area contributed by atoms with Crippen LogP contribution in [0.15, 0.2) is 36.4 Å². The minimum atomic E-state index is -0.115. The molecule has 4 nitrogen and oxygen atoms in total. The van der Waals surface area contributed by atoms with E-state index < -0.39 is 0 Å². The molecule has 0 saturated carbocycles. The van der Waals surface area contributed by atoms with Crippen LogP contribution in [0.3, 0.4) is 0 Å². The van der Waals surface area contributed by atoms with E-state index in [0.29, 0.717) is 29.2 Å². The molecule has 0 unspecified atom stereocenters. The van der Waals surface area contributed by atoms with Gasteiger partial charge in [0.2, 0.25) is 0 Å². The Morgan fingerprint density at radius 3 is 2.52 bits per heavy atom. The third kappa shape index (κ3) is 3.72. The van der Waals surface area contributed by atoms with E-state index in [1.54, 1.807) is 43.3 Å². The minimum absolute atomic E-state index is 0.115. The lowest BCUT2D eigenvalue weighted by Gasteiger charge is -2.14. The van der Waals surface area contributed by atoms with Crippen molar-refractivity contribution < 1.29 is 14.6 Å². The van der Waals surface area contributed by atoms with Crippen molar-refractivity contribution in [2.24, 2.45) is 0 Å². The number of ketones is 1. The van der Waals surface area contributed by atoms with E-state index in [1.165, 1.54) is 6.08 Å². The predicted octanol–water partition coefficient (Wildman–Crippen LogP) is 3.89. The summed E-state index contributed by atoms with van der Waals surface area (Å²) in [5.41, 5.74) is 8.99. The number of aromatic hydroxyl groups is 1. The number of benzene rings is 2. The molecule has 23 heavy (non-hydrogen) atoms. The molecule has 3 N–H and O–H groups in total. The number of nitrogens with two attached hydrogens (primary N) is 1. The van der Waals surface area contributed by atoms with Crippen molar-refractivity contribution in [2.75, 3.05) is 12.3 Å². The van der Waals surface area contributed by atoms with Crippen molar-refractivity contribution in [1.29, 1.82) is 0 Å². The van der Waals surface area contributed by atoms with Gasteiger partial charge in [-0.3, -0.25) is 4.79 Å². The molecule has 0 saturated heterocycles. The number of nitrogen functional groups attached to an aromatic ring is 1. The van der Waals surface area contributed by atoms with Gasteiger partial charge >= 0.3 is 0 Å². The first kappa shape index (κ1) is 16.6. The summed E-state index contributed by atoms with van der Waals surface area (Å²) in [4.78, 5) is 12.2. The highest BCUT2D eigenvalue weighted by Gasteiger charge is 2.12. The molecule has 0 spiro atoms. The van der Waals surface area contributed by atoms with E-state index in [-0.39, 0.29) is 11.5 Å². The SMILES string of the molecule is CCOc1c(/C=C/C(=O)c2ccc(N)cc2)cc(C)c(O)c1C. The van der Waals surface area contributed by atoms with Crippen LogP contribution in [-0.4, -0.2) is 17.5 Å². The van der Waals surface area contributed by atoms with Gasteiger partial charge in [-0.15, -0.1) is 0 Å². The maximum absolute atomic E-state index is 12.2. The van der Waals surface area contributed by atoms with Crippen LogP contribution in [-0.2, 0) is 0 Å². The number of carbonyl (C=O) groups excluding carboxylic acids is 1. The number of anilines is 1. The Morgan fingerprint density at radius 1 is 1.26 bits per heavy atom. The molecule has 0 aliphatic heterocycles. The van der Waals surface area contributed by atoms with Crippen molar-refractivity contribution in [3.05, 3.63) is 58.7 Å². The molecule has 2 aromatic rings. The Balaban J connectivity index is 2.35. The number of phenols is 1. The molecule has 2 rings (SSSR count). The number of aryl methyl sites for hydroxylation is 1. The molecule has 4 heteroatoms. The van der Waals surface area contributed by atoms with Crippen LogP contribution in [0.1, 0.15) is 34.0 Å². The molecule has 0 aliphatic rings. The third-order valence-electron chi connectivity index (χ3n) is 3.60. The molecule has 0 heterocycles. The molecule has 120 valence electrons. The number of hydrogen-bond acceptors (Lipinski definition) is 4. The minimum Gasteiger partial charge on any atom is -0.507 e. The summed E-state index contributed by atoms with van der Waals surface area (Å²) in [6, 6.07) is 8.58. The zero-order valence-corrected chi connectivity index (χ0v) is 13.6. The molecule has 0 bridgehead atoms. The molecule has 0 amide bonds. The number of phenolic OH excluding ortho intramolecular Hbond substituents is 1. The standard InChI is InChI=1S/C19H21NO3/c1-4-23-19-13(3)18(22)12(2)11-15(19)7-10-17(21)14-5-8-16(20)9-6-14/h5-11,22H,4,20H2,1-3H3/b10-7+. The van der Waals surface area contributed by atoms with Crippen LogP contribution >= 0.6 is 0 Å². The summed E-state index contributed by atoms with van der Waals surface area (Å²) in [6.45, 7) is 5.98. The first-order chi connectivity index (χ1) is 10.9. The topological polar surface area (TPSA) is 72.5 Å². The van der Waals surface area contributed by atoms with Gasteiger partial charge in [0, 0.05) is 22.4 Å². The molecule has 0 aliphatic carbocycles. The number of ether oxygens (including phenoxy) is 1. The maximum Gasteiger partial charge on any atom is 0.185 e. The second-order valence-corrected chi connectivity index (χ2v) is 5.34. The van der Waals surface area contributed by atoms with Gasteiger partial charge < -0.3 is 15.6 Å². The van der Waals surface area contributed by atoms with E-state index in [0.717, 1.165) is 11.1 Å². The van der Waals surface area contributed by atoms with Crippen molar-refractivity contribution in [2.45, 2.75) is 20.8 Å². The Bertz CT molecular complexity index is 746. The highest BCUT2D eigenvalue weighted by atomic mass is 16.5. The first-order valence-electron chi connectivity index (χ1n) is 7.48. The average molecular weight is 311 g/mol. The Hall–Kier alpha value is -2.75. The van der Waals surface area contributed by atoms with Crippen LogP contribution in [0.4, 0.5) is 5.69 Å². The fourth-order valence-corrected chi connectivity index (χ4v) is 2.36. The lowest BCUT2D eigenvalue weighted by molar-refractivity contribution is 0.104. The van der Waals surface area contributed by atoms with Gasteiger partial charge in [-0.2, -0.15) is 0 Å². The van der Waals surface area contributed by atoms with Crippen LogP contribution in [0.5, 0.6) is 11.5 Å². The lowest BCUT2D eigenvalue weighted by Crippen LogP contribution is -1.99. The zero-order valence-electron chi connectivity index (χ0n) is 13.6. The van der Waals surface area contributed by atoms with Crippen LogP contribution < -0.4 is 10.5 Å². The highest BCUT2D eigenvalue weighted by Crippen LogP contribution is 2.34. The van der Waals surface area contributed by atoms with E-state index in [9.17, 15) is 9.90 Å². The third-order valence-corrected chi connectivity index (χ3v) is 3.60. The Kier molecular flexibility index (Phi) is 5.06. The van der Waals surface area contributed by atoms with Crippen LogP contribution in [0.25, 0.3) is 6.08 Å². The van der Waals surface area contributed by atoms with Crippen molar-refractivity contribution in [3.63, 3.8) is 0 Å². The van der Waals surface area contributed by atoms with Gasteiger partial charge in [0.05, 0.1) is 6.61 Å². The van der Waals surface area contributed by atoms with Crippen LogP contribution in [0, 0.1) is 13.8 Å². The van der Waals surface area contributed by atoms with E-state index in [2.05, 4.69) is 0 Å². The largest absolute Gasteiger partial charge is 0.507 e. The fourth-order valence-electron chi connectivity index (χ4n) is 2.36. The smallest absolute Gasteiger partial charge is 0.185 e. The Morgan fingerprint density at radius 2 is 1.91 bits per heavy atom. The highest BCUT2D eigenvalue weighted by molar-refractivity contribution is 6.07. The van der Waals surface area contributed by atoms with Gasteiger partial charge in [0.25, 0.3) is 0 Å². The average Bonchev–Trinajstić information content (AvgIpc) is 2.54. The molecule has 0 radical (unpaired) electrons. The van der Waals surface area contributed by atoms with E-state index >= 15 is 0 Å². The number of allylic oxidation sites excluding steroid dienone is 1. The van der Waals surface area contributed by atoms with Gasteiger partial charge in [0.1, 0.15) is 11.5 Å². The summed E-state index contributed by atoms with van der Waals surface area (Å²) in [7, 11) is 0. The van der Waals surface area contributed by atoms with Gasteiger partial charge in [0.15, 0.2) is 5.78 Å². The second kappa shape index (κ2) is 7.01. The van der Waals surface area contributed by atoms with Crippen molar-refractivity contribution in [3.8, 4) is 11.5 Å². The van der Waals surface area contributed by atoms with Crippen molar-refractivity contribution >= 4 is 17.5 Å². The number of hydrogen-bond donors (Lipinski definition) is 2. The monoisotopic (exact) mass is 311 g/mol. The first-order valence-corrected chi connectivity index (χ1v) is 7.48. The molecule has 0 atom stereocenters. The summed E-state index contributed by atoms with van der Waals surface area (Å²) >= 11 is 0. The summed E-state index contributed by atoms with van der Waals surface area (Å²) in [5, 5.41) is 10.0. The normalized spacial score (nSPS) is 10.9. The second-order valence-electron chi connectivity index (χ2n) is 5.34. The zero-order chi connectivity index (χ0) is 17.0. The molecular formula is C19H21NO3. The molecule has 0 fully saturated rings. The lowest BCUT2D eigenvalue weighted by atomic mass is 10.0. The van der Waals surface area contributed by atoms with Crippen LogP contribution in [0.2, 0.25) is 0 Å². The molecule has 2 aromatic carbocycles. The summed E-state index contributed by atoms with van der Waals surface area (Å²) in [5.74, 6) is 0.697. The van der Waals surface area contributed by atoms with Gasteiger partial charge in [-0.05, 0) is 68.8 Å². The maximum atomic E-state index is 12.2. The van der Waals surface area contributed by atoms with E-state index in [1.807, 2.05) is 13.8 Å². The number of carbonyl (C=O) groups is 1. The quantitative estimate of drug-likeness (QED) is 0.499. The van der Waals surface area contributed by atoms with E-state index in [4.69, 9.17) is 10.5 Å². The van der Waals surface area contributed by atoms with Gasteiger partial charge in [-0.1, -0.05) is 0 Å². The fraction of sp³-hybridized carbons (Fsp3) is 0.211. The summed E-state index contributed by atoms with van der Waals surface area (Å²) in [6.07, 6.45) is 3.21.